The molecule has 3 rings (SSSR count). The Morgan fingerprint density at radius 2 is 1.83 bits per heavy atom. The Balaban J connectivity index is 1.76. The molecular formula is C27H34N4O4. The molecule has 1 heterocycles. The van der Waals surface area contributed by atoms with Crippen molar-refractivity contribution in [3.05, 3.63) is 72.1 Å². The molecule has 0 saturated heterocycles. The molecule has 0 atom stereocenters. The molecule has 186 valence electrons. The highest BCUT2D eigenvalue weighted by Crippen LogP contribution is 2.25. The predicted molar refractivity (Wildman–Crippen MR) is 137 cm³/mol. The first-order valence-corrected chi connectivity index (χ1v) is 11.7. The van der Waals surface area contributed by atoms with E-state index in [9.17, 15) is 9.59 Å². The lowest BCUT2D eigenvalue weighted by Gasteiger charge is -2.27. The van der Waals surface area contributed by atoms with Crippen molar-refractivity contribution in [3.63, 3.8) is 0 Å². The van der Waals surface area contributed by atoms with E-state index in [0.29, 0.717) is 35.8 Å². The summed E-state index contributed by atoms with van der Waals surface area (Å²) in [6.07, 6.45) is 3.04. The molecule has 1 aromatic heterocycles. The van der Waals surface area contributed by atoms with E-state index >= 15 is 0 Å². The topological polar surface area (TPSA) is 85.7 Å². The lowest BCUT2D eigenvalue weighted by Crippen LogP contribution is -2.38. The summed E-state index contributed by atoms with van der Waals surface area (Å²) >= 11 is 0. The van der Waals surface area contributed by atoms with Gasteiger partial charge in [-0.15, -0.1) is 0 Å². The Hall–Kier alpha value is -3.81. The van der Waals surface area contributed by atoms with Gasteiger partial charge in [0.15, 0.2) is 0 Å². The van der Waals surface area contributed by atoms with Crippen molar-refractivity contribution < 1.29 is 19.1 Å². The minimum absolute atomic E-state index is 0.0526. The fraction of sp³-hybridized carbons (Fsp3) is 0.370. The van der Waals surface area contributed by atoms with Crippen LogP contribution in [0.5, 0.6) is 5.75 Å². The molecule has 8 heteroatoms. The summed E-state index contributed by atoms with van der Waals surface area (Å²) in [5.74, 6) is 0.278. The van der Waals surface area contributed by atoms with Crippen molar-refractivity contribution in [2.45, 2.75) is 59.8 Å². The zero-order chi connectivity index (χ0) is 25.6. The van der Waals surface area contributed by atoms with Gasteiger partial charge in [-0.3, -0.25) is 14.4 Å². The van der Waals surface area contributed by atoms with E-state index in [1.165, 1.54) is 0 Å². The molecule has 0 bridgehead atoms. The minimum Gasteiger partial charge on any atom is -0.490 e. The minimum atomic E-state index is -0.626. The number of nitrogens with one attached hydrogen (secondary N) is 1. The Labute approximate surface area is 206 Å². The van der Waals surface area contributed by atoms with Gasteiger partial charge in [0.25, 0.3) is 5.91 Å². The van der Waals surface area contributed by atoms with Crippen LogP contribution in [0.4, 0.5) is 16.2 Å². The molecular weight excluding hydrogens is 444 g/mol. The van der Waals surface area contributed by atoms with Crippen LogP contribution >= 0.6 is 0 Å². The largest absolute Gasteiger partial charge is 0.490 e. The fourth-order valence-corrected chi connectivity index (χ4v) is 3.37. The highest BCUT2D eigenvalue weighted by atomic mass is 16.6. The summed E-state index contributed by atoms with van der Waals surface area (Å²) in [4.78, 5) is 27.4. The average Bonchev–Trinajstić information content (AvgIpc) is 3.27. The normalized spacial score (nSPS) is 11.3. The summed E-state index contributed by atoms with van der Waals surface area (Å²) in [5.41, 5.74) is 2.11. The van der Waals surface area contributed by atoms with Gasteiger partial charge in [-0.2, -0.15) is 5.10 Å². The van der Waals surface area contributed by atoms with Gasteiger partial charge in [0.2, 0.25) is 0 Å². The molecule has 0 aliphatic heterocycles. The SMILES string of the molecule is Cc1ccc(C(=O)Nc2ccc(N(CCn3cccn3)C(=O)OC(C)(C)C)cc2)c(OC(C)C)c1. The third-order valence-electron chi connectivity index (χ3n) is 4.91. The van der Waals surface area contributed by atoms with Crippen LogP contribution in [0.25, 0.3) is 0 Å². The van der Waals surface area contributed by atoms with E-state index < -0.39 is 11.7 Å². The van der Waals surface area contributed by atoms with Crippen molar-refractivity contribution in [3.8, 4) is 5.75 Å². The van der Waals surface area contributed by atoms with Crippen LogP contribution in [0.15, 0.2) is 60.9 Å². The molecule has 0 unspecified atom stereocenters. The van der Waals surface area contributed by atoms with Crippen LogP contribution < -0.4 is 15.0 Å². The van der Waals surface area contributed by atoms with Crippen LogP contribution in [-0.2, 0) is 11.3 Å². The molecule has 0 aliphatic carbocycles. The highest BCUT2D eigenvalue weighted by Gasteiger charge is 2.23. The number of carbonyl (C=O) groups is 2. The first-order chi connectivity index (χ1) is 16.5. The van der Waals surface area contributed by atoms with E-state index in [4.69, 9.17) is 9.47 Å². The molecule has 0 spiro atoms. The van der Waals surface area contributed by atoms with Crippen molar-refractivity contribution in [1.29, 1.82) is 0 Å². The van der Waals surface area contributed by atoms with E-state index in [2.05, 4.69) is 10.4 Å². The number of nitrogens with zero attached hydrogens (tertiary/aromatic N) is 3. The zero-order valence-corrected chi connectivity index (χ0v) is 21.2. The quantitative estimate of drug-likeness (QED) is 0.451. The van der Waals surface area contributed by atoms with Crippen LogP contribution in [-0.4, -0.2) is 40.0 Å². The van der Waals surface area contributed by atoms with Crippen molar-refractivity contribution in [2.75, 3.05) is 16.8 Å². The average molecular weight is 479 g/mol. The summed E-state index contributed by atoms with van der Waals surface area (Å²) in [7, 11) is 0. The van der Waals surface area contributed by atoms with Gasteiger partial charge in [0.05, 0.1) is 18.2 Å². The number of aryl methyl sites for hydroxylation is 1. The molecule has 1 N–H and O–H groups in total. The summed E-state index contributed by atoms with van der Waals surface area (Å²) < 4.78 is 13.2. The predicted octanol–water partition coefficient (Wildman–Crippen LogP) is 5.67. The summed E-state index contributed by atoms with van der Waals surface area (Å²) in [5, 5.41) is 7.11. The maximum absolute atomic E-state index is 13.0. The lowest BCUT2D eigenvalue weighted by atomic mass is 10.1. The van der Waals surface area contributed by atoms with E-state index in [-0.39, 0.29) is 12.0 Å². The molecule has 35 heavy (non-hydrogen) atoms. The monoisotopic (exact) mass is 478 g/mol. The number of benzene rings is 2. The van der Waals surface area contributed by atoms with Gasteiger partial charge in [0.1, 0.15) is 11.4 Å². The molecule has 0 aliphatic rings. The molecule has 0 radical (unpaired) electrons. The molecule has 2 aromatic carbocycles. The maximum Gasteiger partial charge on any atom is 0.414 e. The number of anilines is 2. The van der Waals surface area contributed by atoms with Gasteiger partial charge >= 0.3 is 6.09 Å². The number of hydrogen-bond donors (Lipinski definition) is 1. The van der Waals surface area contributed by atoms with Crippen molar-refractivity contribution in [2.24, 2.45) is 0 Å². The second-order valence-corrected chi connectivity index (χ2v) is 9.57. The third kappa shape index (κ3) is 7.60. The standard InChI is InChI=1S/C27H34N4O4/c1-19(2)34-24-18-20(3)8-13-23(24)25(32)29-21-9-11-22(12-10-21)31(26(33)35-27(4,5)6)17-16-30-15-7-14-28-30/h7-15,18-19H,16-17H2,1-6H3,(H,29,32). The molecule has 0 saturated carbocycles. The Morgan fingerprint density at radius 1 is 1.11 bits per heavy atom. The molecule has 0 fully saturated rings. The van der Waals surface area contributed by atoms with Gasteiger partial charge in [0, 0.05) is 30.3 Å². The van der Waals surface area contributed by atoms with Gasteiger partial charge in [-0.1, -0.05) is 6.07 Å². The van der Waals surface area contributed by atoms with Crippen LogP contribution in [0.1, 0.15) is 50.5 Å². The highest BCUT2D eigenvalue weighted by molar-refractivity contribution is 6.06. The lowest BCUT2D eigenvalue weighted by molar-refractivity contribution is 0.0578. The number of amides is 2. The summed E-state index contributed by atoms with van der Waals surface area (Å²) in [6, 6.07) is 14.4. The van der Waals surface area contributed by atoms with Gasteiger partial charge in [-0.25, -0.2) is 4.79 Å². The van der Waals surface area contributed by atoms with Crippen molar-refractivity contribution in [1.82, 2.24) is 9.78 Å². The number of rotatable bonds is 8. The van der Waals surface area contributed by atoms with Gasteiger partial charge in [-0.05, 0) is 89.6 Å². The van der Waals surface area contributed by atoms with E-state index in [1.54, 1.807) is 46.1 Å². The fourth-order valence-electron chi connectivity index (χ4n) is 3.37. The van der Waals surface area contributed by atoms with E-state index in [1.807, 2.05) is 65.9 Å². The first kappa shape index (κ1) is 25.8. The Kier molecular flexibility index (Phi) is 8.17. The van der Waals surface area contributed by atoms with Crippen LogP contribution in [0.3, 0.4) is 0 Å². The number of aromatic nitrogens is 2. The van der Waals surface area contributed by atoms with Crippen LogP contribution in [0.2, 0.25) is 0 Å². The smallest absolute Gasteiger partial charge is 0.414 e. The Bertz CT molecular complexity index is 1130. The molecule has 2 amide bonds. The van der Waals surface area contributed by atoms with Crippen LogP contribution in [0, 0.1) is 6.92 Å². The number of ether oxygens (including phenoxy) is 2. The number of hydrogen-bond acceptors (Lipinski definition) is 5. The second kappa shape index (κ2) is 11.1. The van der Waals surface area contributed by atoms with Crippen molar-refractivity contribution >= 4 is 23.4 Å². The second-order valence-electron chi connectivity index (χ2n) is 9.57. The Morgan fingerprint density at radius 3 is 2.43 bits per heavy atom. The van der Waals surface area contributed by atoms with Gasteiger partial charge < -0.3 is 14.8 Å². The molecule has 3 aromatic rings. The van der Waals surface area contributed by atoms with E-state index in [0.717, 1.165) is 5.56 Å². The zero-order valence-electron chi connectivity index (χ0n) is 21.2. The first-order valence-electron chi connectivity index (χ1n) is 11.7. The molecule has 8 nitrogen and oxygen atoms in total. The summed E-state index contributed by atoms with van der Waals surface area (Å²) in [6.45, 7) is 12.2. The maximum atomic E-state index is 13.0. The number of carbonyl (C=O) groups excluding carboxylic acids is 2. The third-order valence-corrected chi connectivity index (χ3v) is 4.91.